The molecule has 5 heteroatoms. The van der Waals surface area contributed by atoms with Gasteiger partial charge in [-0.25, -0.2) is 0 Å². The Kier molecular flexibility index (Phi) is 4.90. The SMILES string of the molecule is CC(C)COc1cccc(C2=CNC3=NCC=C3N2C(=O)C(C)(C)C)c1. The number of benzene rings is 1. The van der Waals surface area contributed by atoms with E-state index in [1.165, 1.54) is 0 Å². The number of fused-ring (bicyclic) bond motifs is 1. The number of ether oxygens (including phenoxy) is 1. The van der Waals surface area contributed by atoms with E-state index >= 15 is 0 Å². The number of amidine groups is 1. The number of amides is 1. The van der Waals surface area contributed by atoms with Crippen molar-refractivity contribution in [3.05, 3.63) is 47.8 Å². The Morgan fingerprint density at radius 1 is 1.31 bits per heavy atom. The molecule has 0 aliphatic carbocycles. The van der Waals surface area contributed by atoms with Gasteiger partial charge in [0.15, 0.2) is 0 Å². The summed E-state index contributed by atoms with van der Waals surface area (Å²) in [6, 6.07) is 7.88. The summed E-state index contributed by atoms with van der Waals surface area (Å²) >= 11 is 0. The number of aliphatic imine (C=N–C) groups is 1. The summed E-state index contributed by atoms with van der Waals surface area (Å²) in [4.78, 5) is 19.4. The average Bonchev–Trinajstić information content (AvgIpc) is 3.06. The van der Waals surface area contributed by atoms with E-state index in [0.29, 0.717) is 19.1 Å². The van der Waals surface area contributed by atoms with Crippen molar-refractivity contribution in [2.75, 3.05) is 13.2 Å². The van der Waals surface area contributed by atoms with Gasteiger partial charge in [0.1, 0.15) is 11.6 Å². The first kappa shape index (κ1) is 18.2. The normalized spacial score (nSPS) is 16.5. The molecule has 0 bridgehead atoms. The second-order valence-electron chi connectivity index (χ2n) is 8.08. The highest BCUT2D eigenvalue weighted by molar-refractivity contribution is 6.09. The molecular formula is C21H27N3O2. The number of carbonyl (C=O) groups is 1. The molecule has 0 spiro atoms. The van der Waals surface area contributed by atoms with E-state index in [1.807, 2.05) is 57.3 Å². The van der Waals surface area contributed by atoms with Gasteiger partial charge in [-0.1, -0.05) is 46.8 Å². The fourth-order valence-corrected chi connectivity index (χ4v) is 2.82. The predicted octanol–water partition coefficient (Wildman–Crippen LogP) is 3.79. The minimum absolute atomic E-state index is 0.0413. The maximum Gasteiger partial charge on any atom is 0.237 e. The minimum Gasteiger partial charge on any atom is -0.493 e. The zero-order valence-corrected chi connectivity index (χ0v) is 16.2. The molecule has 138 valence electrons. The van der Waals surface area contributed by atoms with Crippen molar-refractivity contribution in [1.82, 2.24) is 10.2 Å². The molecule has 0 radical (unpaired) electrons. The molecule has 5 nitrogen and oxygen atoms in total. The van der Waals surface area contributed by atoms with E-state index in [1.54, 1.807) is 4.90 Å². The lowest BCUT2D eigenvalue weighted by atomic mass is 9.93. The molecular weight excluding hydrogens is 326 g/mol. The van der Waals surface area contributed by atoms with Gasteiger partial charge in [0, 0.05) is 17.2 Å². The van der Waals surface area contributed by atoms with Crippen LogP contribution in [-0.2, 0) is 4.79 Å². The van der Waals surface area contributed by atoms with Gasteiger partial charge in [0.05, 0.1) is 24.5 Å². The number of rotatable bonds is 4. The molecule has 1 N–H and O–H groups in total. The van der Waals surface area contributed by atoms with Crippen LogP contribution in [0.3, 0.4) is 0 Å². The summed E-state index contributed by atoms with van der Waals surface area (Å²) in [6.45, 7) is 11.3. The van der Waals surface area contributed by atoms with Crippen LogP contribution in [0.1, 0.15) is 40.2 Å². The highest BCUT2D eigenvalue weighted by Gasteiger charge is 2.36. The van der Waals surface area contributed by atoms with Crippen LogP contribution in [0.15, 0.2) is 47.2 Å². The number of hydrogen-bond donors (Lipinski definition) is 1. The van der Waals surface area contributed by atoms with Gasteiger partial charge in [-0.2, -0.15) is 0 Å². The monoisotopic (exact) mass is 353 g/mol. The molecule has 2 heterocycles. The highest BCUT2D eigenvalue weighted by Crippen LogP contribution is 2.34. The van der Waals surface area contributed by atoms with E-state index in [-0.39, 0.29) is 5.91 Å². The number of carbonyl (C=O) groups excluding carboxylic acids is 1. The van der Waals surface area contributed by atoms with Crippen LogP contribution in [0.2, 0.25) is 0 Å². The summed E-state index contributed by atoms with van der Waals surface area (Å²) < 4.78 is 5.86. The van der Waals surface area contributed by atoms with Gasteiger partial charge >= 0.3 is 0 Å². The molecule has 0 saturated carbocycles. The molecule has 0 atom stereocenters. The summed E-state index contributed by atoms with van der Waals surface area (Å²) in [7, 11) is 0. The lowest BCUT2D eigenvalue weighted by molar-refractivity contribution is -0.134. The molecule has 0 fully saturated rings. The molecule has 0 aromatic heterocycles. The molecule has 0 saturated heterocycles. The van der Waals surface area contributed by atoms with Crippen molar-refractivity contribution >= 4 is 17.4 Å². The maximum atomic E-state index is 13.2. The van der Waals surface area contributed by atoms with Crippen LogP contribution < -0.4 is 10.1 Å². The van der Waals surface area contributed by atoms with Crippen LogP contribution in [0.5, 0.6) is 5.75 Å². The van der Waals surface area contributed by atoms with Gasteiger partial charge in [0.2, 0.25) is 5.91 Å². The standard InChI is InChI=1S/C21H27N3O2/c1-14(2)13-26-16-8-6-7-15(11-16)18-12-23-19-17(9-10-22-19)24(18)20(25)21(3,4)5/h6-9,11-12,14H,10,13H2,1-5H3,(H,22,23). The molecule has 2 aliphatic heterocycles. The molecule has 0 unspecified atom stereocenters. The third kappa shape index (κ3) is 3.66. The van der Waals surface area contributed by atoms with Crippen molar-refractivity contribution in [3.63, 3.8) is 0 Å². The van der Waals surface area contributed by atoms with E-state index in [9.17, 15) is 4.79 Å². The summed E-state index contributed by atoms with van der Waals surface area (Å²) in [5.74, 6) is 2.05. The zero-order chi connectivity index (χ0) is 18.9. The van der Waals surface area contributed by atoms with Crippen LogP contribution in [-0.4, -0.2) is 29.8 Å². The Labute approximate surface area is 155 Å². The first-order valence-electron chi connectivity index (χ1n) is 9.07. The molecule has 1 aromatic rings. The zero-order valence-electron chi connectivity index (χ0n) is 16.2. The quantitative estimate of drug-likeness (QED) is 0.896. The third-order valence-corrected chi connectivity index (χ3v) is 4.16. The van der Waals surface area contributed by atoms with E-state index in [4.69, 9.17) is 4.74 Å². The van der Waals surface area contributed by atoms with Gasteiger partial charge in [-0.05, 0) is 24.1 Å². The van der Waals surface area contributed by atoms with Crippen molar-refractivity contribution < 1.29 is 9.53 Å². The second-order valence-corrected chi connectivity index (χ2v) is 8.08. The van der Waals surface area contributed by atoms with Crippen LogP contribution in [0.4, 0.5) is 0 Å². The average molecular weight is 353 g/mol. The lowest BCUT2D eigenvalue weighted by Gasteiger charge is -2.35. The van der Waals surface area contributed by atoms with Crippen molar-refractivity contribution in [3.8, 4) is 5.75 Å². The Balaban J connectivity index is 1.98. The maximum absolute atomic E-state index is 13.2. The van der Waals surface area contributed by atoms with Crippen LogP contribution in [0.25, 0.3) is 5.70 Å². The van der Waals surface area contributed by atoms with Crippen molar-refractivity contribution in [2.24, 2.45) is 16.3 Å². The number of nitrogens with zero attached hydrogens (tertiary/aromatic N) is 2. The second kappa shape index (κ2) is 6.98. The minimum atomic E-state index is -0.503. The van der Waals surface area contributed by atoms with Crippen molar-refractivity contribution in [2.45, 2.75) is 34.6 Å². The largest absolute Gasteiger partial charge is 0.493 e. The highest BCUT2D eigenvalue weighted by atomic mass is 16.5. The number of hydrogen-bond acceptors (Lipinski definition) is 4. The van der Waals surface area contributed by atoms with Crippen LogP contribution in [0, 0.1) is 11.3 Å². The summed E-state index contributed by atoms with van der Waals surface area (Å²) in [6.07, 6.45) is 3.84. The fraction of sp³-hybridized carbons (Fsp3) is 0.429. The first-order chi connectivity index (χ1) is 12.3. The lowest BCUT2D eigenvalue weighted by Crippen LogP contribution is -2.44. The Morgan fingerprint density at radius 3 is 2.77 bits per heavy atom. The summed E-state index contributed by atoms with van der Waals surface area (Å²) in [5, 5.41) is 3.22. The van der Waals surface area contributed by atoms with Gasteiger partial charge in [-0.3, -0.25) is 14.7 Å². The van der Waals surface area contributed by atoms with Gasteiger partial charge < -0.3 is 10.1 Å². The molecule has 3 rings (SSSR count). The molecule has 1 amide bonds. The fourth-order valence-electron chi connectivity index (χ4n) is 2.82. The molecule has 26 heavy (non-hydrogen) atoms. The Morgan fingerprint density at radius 2 is 2.08 bits per heavy atom. The first-order valence-corrected chi connectivity index (χ1v) is 9.07. The predicted molar refractivity (Wildman–Crippen MR) is 105 cm³/mol. The van der Waals surface area contributed by atoms with Gasteiger partial charge in [-0.15, -0.1) is 0 Å². The van der Waals surface area contributed by atoms with Gasteiger partial charge in [0.25, 0.3) is 0 Å². The molecule has 2 aliphatic rings. The van der Waals surface area contributed by atoms with E-state index in [0.717, 1.165) is 28.5 Å². The van der Waals surface area contributed by atoms with E-state index in [2.05, 4.69) is 24.2 Å². The summed E-state index contributed by atoms with van der Waals surface area (Å²) in [5.41, 5.74) is 2.07. The topological polar surface area (TPSA) is 53.9 Å². The smallest absolute Gasteiger partial charge is 0.237 e. The Hall–Kier alpha value is -2.56. The molecule has 1 aromatic carbocycles. The van der Waals surface area contributed by atoms with Crippen LogP contribution >= 0.6 is 0 Å². The number of nitrogens with one attached hydrogen (secondary N) is 1. The Bertz CT molecular complexity index is 798. The van der Waals surface area contributed by atoms with Crippen molar-refractivity contribution in [1.29, 1.82) is 0 Å². The van der Waals surface area contributed by atoms with E-state index < -0.39 is 5.41 Å². The third-order valence-electron chi connectivity index (χ3n) is 4.16.